The third kappa shape index (κ3) is 2.80. The zero-order chi connectivity index (χ0) is 14.7. The first-order chi connectivity index (χ1) is 9.50. The molecule has 20 heavy (non-hydrogen) atoms. The molecular weight excluding hydrogens is 284 g/mol. The van der Waals surface area contributed by atoms with Crippen molar-refractivity contribution in [3.05, 3.63) is 40.6 Å². The highest BCUT2D eigenvalue weighted by Crippen LogP contribution is 2.30. The van der Waals surface area contributed by atoms with E-state index in [9.17, 15) is 14.7 Å². The third-order valence-corrected chi connectivity index (χ3v) is 2.94. The first kappa shape index (κ1) is 14.1. The number of hydrogen-bond donors (Lipinski definition) is 1. The summed E-state index contributed by atoms with van der Waals surface area (Å²) >= 11 is 6.05. The molecule has 0 fully saturated rings. The number of carbonyl (C=O) groups is 2. The molecule has 0 saturated carbocycles. The van der Waals surface area contributed by atoms with Crippen molar-refractivity contribution >= 4 is 23.5 Å². The van der Waals surface area contributed by atoms with E-state index < -0.39 is 18.4 Å². The lowest BCUT2D eigenvalue weighted by Crippen LogP contribution is -2.37. The van der Waals surface area contributed by atoms with Gasteiger partial charge in [0.05, 0.1) is 17.5 Å². The lowest BCUT2D eigenvalue weighted by molar-refractivity contribution is -0.303. The van der Waals surface area contributed by atoms with Crippen molar-refractivity contribution < 1.29 is 19.2 Å². The number of benzene rings is 1. The number of carboxylic acid groups (broad SMARTS) is 1. The summed E-state index contributed by atoms with van der Waals surface area (Å²) in [6.07, 6.45) is 0. The van der Waals surface area contributed by atoms with Gasteiger partial charge < -0.3 is 19.7 Å². The lowest BCUT2D eigenvalue weighted by atomic mass is 10.1. The van der Waals surface area contributed by atoms with Crippen LogP contribution in [0.2, 0.25) is 5.02 Å². The Labute approximate surface area is 119 Å². The van der Waals surface area contributed by atoms with Crippen LogP contribution in [0.5, 0.6) is 0 Å². The molecule has 1 aromatic heterocycles. The van der Waals surface area contributed by atoms with Crippen molar-refractivity contribution in [2.75, 3.05) is 6.54 Å². The Morgan fingerprint density at radius 3 is 2.75 bits per heavy atom. The van der Waals surface area contributed by atoms with Crippen LogP contribution in [-0.2, 0) is 4.79 Å². The maximum Gasteiger partial charge on any atom is 0.257 e. The van der Waals surface area contributed by atoms with Gasteiger partial charge in [0.2, 0.25) is 0 Å². The number of nitrogens with one attached hydrogen (secondary N) is 1. The van der Waals surface area contributed by atoms with Crippen LogP contribution in [0.1, 0.15) is 16.1 Å². The van der Waals surface area contributed by atoms with E-state index in [1.54, 1.807) is 31.2 Å². The van der Waals surface area contributed by atoms with Crippen LogP contribution in [-0.4, -0.2) is 23.6 Å². The van der Waals surface area contributed by atoms with Crippen LogP contribution >= 0.6 is 11.6 Å². The van der Waals surface area contributed by atoms with Gasteiger partial charge in [0.1, 0.15) is 17.0 Å². The van der Waals surface area contributed by atoms with Gasteiger partial charge in [0, 0.05) is 5.56 Å². The first-order valence-electron chi connectivity index (χ1n) is 5.70. The Hall–Kier alpha value is -2.34. The topological polar surface area (TPSA) is 95.3 Å². The number of halogens is 1. The molecule has 0 radical (unpaired) electrons. The molecule has 0 atom stereocenters. The van der Waals surface area contributed by atoms with Gasteiger partial charge in [-0.2, -0.15) is 0 Å². The number of rotatable bonds is 4. The Kier molecular flexibility index (Phi) is 4.05. The minimum absolute atomic E-state index is 0.152. The number of carboxylic acids is 1. The molecule has 104 valence electrons. The molecule has 0 unspecified atom stereocenters. The van der Waals surface area contributed by atoms with Crippen molar-refractivity contribution in [3.63, 3.8) is 0 Å². The van der Waals surface area contributed by atoms with E-state index in [1.807, 2.05) is 0 Å². The van der Waals surface area contributed by atoms with Crippen molar-refractivity contribution in [3.8, 4) is 11.3 Å². The number of aromatic nitrogens is 1. The number of hydrogen-bond acceptors (Lipinski definition) is 5. The van der Waals surface area contributed by atoms with Crippen molar-refractivity contribution in [1.29, 1.82) is 0 Å². The molecule has 0 spiro atoms. The lowest BCUT2D eigenvalue weighted by Gasteiger charge is -2.06. The van der Waals surface area contributed by atoms with E-state index in [0.717, 1.165) is 0 Å². The Balaban J connectivity index is 2.40. The number of amides is 1. The maximum absolute atomic E-state index is 12.0. The summed E-state index contributed by atoms with van der Waals surface area (Å²) in [5, 5.41) is 16.8. The van der Waals surface area contributed by atoms with Gasteiger partial charge in [-0.3, -0.25) is 4.79 Å². The number of nitrogens with zero attached hydrogens (tertiary/aromatic N) is 1. The second kappa shape index (κ2) is 5.75. The predicted molar refractivity (Wildman–Crippen MR) is 69.0 cm³/mol. The van der Waals surface area contributed by atoms with Crippen LogP contribution < -0.4 is 10.4 Å². The van der Waals surface area contributed by atoms with E-state index in [2.05, 4.69) is 10.5 Å². The molecule has 1 heterocycles. The first-order valence-corrected chi connectivity index (χ1v) is 6.07. The molecule has 2 rings (SSSR count). The van der Waals surface area contributed by atoms with Gasteiger partial charge in [0.15, 0.2) is 0 Å². The second-order valence-corrected chi connectivity index (χ2v) is 4.40. The van der Waals surface area contributed by atoms with Crippen molar-refractivity contribution in [2.45, 2.75) is 6.92 Å². The molecular formula is C13H10ClN2O4-. The van der Waals surface area contributed by atoms with Gasteiger partial charge in [0.25, 0.3) is 5.91 Å². The largest absolute Gasteiger partial charge is 0.548 e. The monoisotopic (exact) mass is 293 g/mol. The minimum atomic E-state index is -1.38. The summed E-state index contributed by atoms with van der Waals surface area (Å²) in [7, 11) is 0. The summed E-state index contributed by atoms with van der Waals surface area (Å²) < 4.78 is 5.00. The van der Waals surface area contributed by atoms with Crippen LogP contribution in [0.4, 0.5) is 0 Å². The zero-order valence-electron chi connectivity index (χ0n) is 10.5. The van der Waals surface area contributed by atoms with Crippen molar-refractivity contribution in [2.24, 2.45) is 0 Å². The molecule has 7 heteroatoms. The summed E-state index contributed by atoms with van der Waals surface area (Å²) in [5.41, 5.74) is 0.952. The molecule has 1 aromatic carbocycles. The van der Waals surface area contributed by atoms with E-state index in [1.165, 1.54) is 0 Å². The third-order valence-electron chi connectivity index (χ3n) is 2.61. The van der Waals surface area contributed by atoms with Crippen LogP contribution in [0, 0.1) is 6.92 Å². The fourth-order valence-electron chi connectivity index (χ4n) is 1.72. The van der Waals surface area contributed by atoms with Crippen LogP contribution in [0.15, 0.2) is 28.8 Å². The number of carbonyl (C=O) groups excluding carboxylic acids is 2. The summed E-state index contributed by atoms with van der Waals surface area (Å²) in [6, 6.07) is 6.83. The number of aliphatic carboxylic acids is 1. The van der Waals surface area contributed by atoms with E-state index in [4.69, 9.17) is 16.1 Å². The molecule has 1 N–H and O–H groups in total. The molecule has 0 saturated heterocycles. The Bertz CT molecular complexity index is 666. The molecule has 0 bridgehead atoms. The van der Waals surface area contributed by atoms with Gasteiger partial charge in [-0.15, -0.1) is 0 Å². The highest BCUT2D eigenvalue weighted by molar-refractivity contribution is 6.33. The van der Waals surface area contributed by atoms with Crippen LogP contribution in [0.25, 0.3) is 11.3 Å². The SMILES string of the molecule is Cc1onc(-c2ccccc2Cl)c1C(=O)NCC(=O)[O-]. The highest BCUT2D eigenvalue weighted by atomic mass is 35.5. The highest BCUT2D eigenvalue weighted by Gasteiger charge is 2.22. The molecule has 1 amide bonds. The van der Waals surface area contributed by atoms with Gasteiger partial charge >= 0.3 is 0 Å². The minimum Gasteiger partial charge on any atom is -0.548 e. The summed E-state index contributed by atoms with van der Waals surface area (Å²) in [6.45, 7) is 0.965. The summed E-state index contributed by atoms with van der Waals surface area (Å²) in [5.74, 6) is -1.72. The standard InChI is InChI=1S/C13H11ClN2O4/c1-7-11(13(19)15-6-10(17)18)12(16-20-7)8-4-2-3-5-9(8)14/h2-5H,6H2,1H3,(H,15,19)(H,17,18)/p-1. The van der Waals surface area contributed by atoms with E-state index in [-0.39, 0.29) is 17.0 Å². The number of aryl methyl sites for hydroxylation is 1. The van der Waals surface area contributed by atoms with Crippen LogP contribution in [0.3, 0.4) is 0 Å². The maximum atomic E-state index is 12.0. The zero-order valence-corrected chi connectivity index (χ0v) is 11.2. The smallest absolute Gasteiger partial charge is 0.257 e. The fraction of sp³-hybridized carbons (Fsp3) is 0.154. The van der Waals surface area contributed by atoms with Gasteiger partial charge in [-0.1, -0.05) is 35.0 Å². The van der Waals surface area contributed by atoms with Crippen molar-refractivity contribution in [1.82, 2.24) is 10.5 Å². The predicted octanol–water partition coefficient (Wildman–Crippen LogP) is 0.783. The Morgan fingerprint density at radius 2 is 2.10 bits per heavy atom. The van der Waals surface area contributed by atoms with Gasteiger partial charge in [-0.25, -0.2) is 0 Å². The average molecular weight is 294 g/mol. The molecule has 0 aliphatic carbocycles. The molecule has 2 aromatic rings. The Morgan fingerprint density at radius 1 is 1.40 bits per heavy atom. The molecule has 0 aliphatic heterocycles. The average Bonchev–Trinajstić information content (AvgIpc) is 2.78. The molecule has 0 aliphatic rings. The molecule has 6 nitrogen and oxygen atoms in total. The normalized spacial score (nSPS) is 10.3. The summed E-state index contributed by atoms with van der Waals surface area (Å²) in [4.78, 5) is 22.4. The van der Waals surface area contributed by atoms with Gasteiger partial charge in [-0.05, 0) is 13.0 Å². The quantitative estimate of drug-likeness (QED) is 0.899. The second-order valence-electron chi connectivity index (χ2n) is 4.00. The fourth-order valence-corrected chi connectivity index (χ4v) is 1.94. The van der Waals surface area contributed by atoms with E-state index >= 15 is 0 Å². The van der Waals surface area contributed by atoms with E-state index in [0.29, 0.717) is 10.6 Å².